The second-order valence-corrected chi connectivity index (χ2v) is 2.35. The Morgan fingerprint density at radius 3 is 2.38 bits per heavy atom. The second kappa shape index (κ2) is 7.17. The van der Waals surface area contributed by atoms with E-state index in [9.17, 15) is 0 Å². The van der Waals surface area contributed by atoms with E-state index in [-0.39, 0.29) is 0 Å². The van der Waals surface area contributed by atoms with E-state index in [2.05, 4.69) is 13.2 Å². The highest BCUT2D eigenvalue weighted by molar-refractivity contribution is 5.18. The van der Waals surface area contributed by atoms with Crippen molar-refractivity contribution in [1.29, 1.82) is 0 Å². The standard InChI is InChI=1S/C12H16O/c1-5-8-9-10-11(4)13-12(6-2)7-3/h5-10H,2,4H2,1,3H3/b8-5-,10-9-,12-7+. The fraction of sp³-hybridized carbons (Fsp3) is 0.167. The summed E-state index contributed by atoms with van der Waals surface area (Å²) in [5.74, 6) is 1.32. The molecule has 0 bridgehead atoms. The summed E-state index contributed by atoms with van der Waals surface area (Å²) in [7, 11) is 0. The molecule has 0 spiro atoms. The average molecular weight is 176 g/mol. The molecular weight excluding hydrogens is 160 g/mol. The van der Waals surface area contributed by atoms with Gasteiger partial charge in [-0.25, -0.2) is 0 Å². The maximum Gasteiger partial charge on any atom is 0.122 e. The molecule has 70 valence electrons. The molecule has 0 saturated heterocycles. The van der Waals surface area contributed by atoms with Crippen LogP contribution < -0.4 is 0 Å². The summed E-state index contributed by atoms with van der Waals surface area (Å²) >= 11 is 0. The van der Waals surface area contributed by atoms with Gasteiger partial charge in [-0.15, -0.1) is 0 Å². The van der Waals surface area contributed by atoms with Crippen LogP contribution in [0.15, 0.2) is 61.1 Å². The zero-order valence-corrected chi connectivity index (χ0v) is 8.29. The van der Waals surface area contributed by atoms with Gasteiger partial charge in [-0.3, -0.25) is 0 Å². The van der Waals surface area contributed by atoms with Crippen molar-refractivity contribution in [2.75, 3.05) is 0 Å². The summed E-state index contributed by atoms with van der Waals surface area (Å²) < 4.78 is 5.32. The fourth-order valence-electron chi connectivity index (χ4n) is 0.678. The SMILES string of the molecule is C=C/C(=C\C)OC(=C)/C=C\C=C/C. The molecule has 0 saturated carbocycles. The maximum absolute atomic E-state index is 5.32. The van der Waals surface area contributed by atoms with Crippen LogP contribution in [0.1, 0.15) is 13.8 Å². The molecule has 0 aliphatic heterocycles. The fourth-order valence-corrected chi connectivity index (χ4v) is 0.678. The largest absolute Gasteiger partial charge is 0.458 e. The van der Waals surface area contributed by atoms with Gasteiger partial charge in [0.15, 0.2) is 0 Å². The van der Waals surface area contributed by atoms with Crippen LogP contribution in [-0.2, 0) is 4.74 Å². The Bertz CT molecular complexity index is 254. The highest BCUT2D eigenvalue weighted by Crippen LogP contribution is 2.06. The lowest BCUT2D eigenvalue weighted by Crippen LogP contribution is -1.85. The van der Waals surface area contributed by atoms with E-state index in [1.165, 1.54) is 0 Å². The number of allylic oxidation sites excluding steroid dienone is 6. The molecule has 0 aromatic rings. The Kier molecular flexibility index (Phi) is 6.34. The van der Waals surface area contributed by atoms with Crippen molar-refractivity contribution in [3.8, 4) is 0 Å². The summed E-state index contributed by atoms with van der Waals surface area (Å²) in [6.07, 6.45) is 11.0. The number of hydrogen-bond acceptors (Lipinski definition) is 1. The predicted octanol–water partition coefficient (Wildman–Crippen LogP) is 3.74. The molecule has 0 atom stereocenters. The van der Waals surface area contributed by atoms with Crippen LogP contribution in [0.5, 0.6) is 0 Å². The molecule has 0 amide bonds. The third kappa shape index (κ3) is 5.74. The molecule has 0 fully saturated rings. The topological polar surface area (TPSA) is 9.23 Å². The molecule has 1 nitrogen and oxygen atoms in total. The van der Waals surface area contributed by atoms with Crippen molar-refractivity contribution in [2.45, 2.75) is 13.8 Å². The predicted molar refractivity (Wildman–Crippen MR) is 58.1 cm³/mol. The molecule has 0 aliphatic rings. The van der Waals surface area contributed by atoms with Gasteiger partial charge in [0.25, 0.3) is 0 Å². The van der Waals surface area contributed by atoms with Gasteiger partial charge in [-0.1, -0.05) is 31.4 Å². The minimum Gasteiger partial charge on any atom is -0.458 e. The molecule has 0 rings (SSSR count). The third-order valence-corrected chi connectivity index (χ3v) is 1.32. The average Bonchev–Trinajstić information content (AvgIpc) is 2.14. The Balaban J connectivity index is 4.08. The van der Waals surface area contributed by atoms with E-state index in [4.69, 9.17) is 4.74 Å². The number of rotatable bonds is 5. The lowest BCUT2D eigenvalue weighted by atomic mass is 10.4. The lowest BCUT2D eigenvalue weighted by molar-refractivity contribution is 0.337. The second-order valence-electron chi connectivity index (χ2n) is 2.35. The van der Waals surface area contributed by atoms with Gasteiger partial charge in [0, 0.05) is 0 Å². The summed E-state index contributed by atoms with van der Waals surface area (Å²) in [6, 6.07) is 0. The van der Waals surface area contributed by atoms with Crippen molar-refractivity contribution in [3.05, 3.63) is 61.1 Å². The quantitative estimate of drug-likeness (QED) is 0.458. The van der Waals surface area contributed by atoms with Gasteiger partial charge >= 0.3 is 0 Å². The first kappa shape index (κ1) is 11.5. The number of ether oxygens (including phenoxy) is 1. The van der Waals surface area contributed by atoms with E-state index >= 15 is 0 Å². The van der Waals surface area contributed by atoms with Crippen LogP contribution in [0.3, 0.4) is 0 Å². The molecule has 0 heterocycles. The molecule has 0 aromatic carbocycles. The molecular formula is C12H16O. The van der Waals surface area contributed by atoms with Gasteiger partial charge < -0.3 is 4.74 Å². The zero-order valence-electron chi connectivity index (χ0n) is 8.29. The summed E-state index contributed by atoms with van der Waals surface area (Å²) in [4.78, 5) is 0. The first-order chi connectivity index (χ1) is 6.24. The van der Waals surface area contributed by atoms with Crippen molar-refractivity contribution in [2.24, 2.45) is 0 Å². The van der Waals surface area contributed by atoms with Crippen molar-refractivity contribution >= 4 is 0 Å². The molecule has 0 N–H and O–H groups in total. The Labute approximate surface area is 80.4 Å². The van der Waals surface area contributed by atoms with Crippen molar-refractivity contribution in [3.63, 3.8) is 0 Å². The maximum atomic E-state index is 5.32. The smallest absolute Gasteiger partial charge is 0.122 e. The summed E-state index contributed by atoms with van der Waals surface area (Å²) in [5, 5.41) is 0. The van der Waals surface area contributed by atoms with Gasteiger partial charge in [-0.2, -0.15) is 0 Å². The van der Waals surface area contributed by atoms with E-state index in [1.54, 1.807) is 12.2 Å². The van der Waals surface area contributed by atoms with E-state index in [0.29, 0.717) is 5.76 Å². The van der Waals surface area contributed by atoms with Crippen LogP contribution in [0, 0.1) is 0 Å². The van der Waals surface area contributed by atoms with E-state index in [1.807, 2.05) is 38.2 Å². The molecule has 1 heteroatoms. The van der Waals surface area contributed by atoms with E-state index in [0.717, 1.165) is 5.76 Å². The minimum absolute atomic E-state index is 0.603. The molecule has 0 aliphatic carbocycles. The van der Waals surface area contributed by atoms with Crippen molar-refractivity contribution < 1.29 is 4.74 Å². The monoisotopic (exact) mass is 176 g/mol. The van der Waals surface area contributed by atoms with Gasteiger partial charge in [0.1, 0.15) is 11.5 Å². The van der Waals surface area contributed by atoms with Gasteiger partial charge in [0.2, 0.25) is 0 Å². The Morgan fingerprint density at radius 1 is 1.23 bits per heavy atom. The molecule has 0 radical (unpaired) electrons. The van der Waals surface area contributed by atoms with Crippen molar-refractivity contribution in [1.82, 2.24) is 0 Å². The van der Waals surface area contributed by atoms with Gasteiger partial charge in [0.05, 0.1) is 0 Å². The third-order valence-electron chi connectivity index (χ3n) is 1.32. The summed E-state index contributed by atoms with van der Waals surface area (Å²) in [5.41, 5.74) is 0. The van der Waals surface area contributed by atoms with Crippen LogP contribution in [0.4, 0.5) is 0 Å². The number of hydrogen-bond donors (Lipinski definition) is 0. The first-order valence-corrected chi connectivity index (χ1v) is 4.19. The summed E-state index contributed by atoms with van der Waals surface area (Å²) in [6.45, 7) is 11.2. The van der Waals surface area contributed by atoms with Crippen LogP contribution in [-0.4, -0.2) is 0 Å². The lowest BCUT2D eigenvalue weighted by Gasteiger charge is -2.03. The Hall–Kier alpha value is -1.50. The van der Waals surface area contributed by atoms with Crippen LogP contribution in [0.25, 0.3) is 0 Å². The molecule has 0 aromatic heterocycles. The van der Waals surface area contributed by atoms with Gasteiger partial charge in [-0.05, 0) is 32.1 Å². The minimum atomic E-state index is 0.603. The van der Waals surface area contributed by atoms with Crippen LogP contribution >= 0.6 is 0 Å². The Morgan fingerprint density at radius 2 is 1.92 bits per heavy atom. The molecule has 13 heavy (non-hydrogen) atoms. The van der Waals surface area contributed by atoms with Crippen LogP contribution in [0.2, 0.25) is 0 Å². The molecule has 0 unspecified atom stereocenters. The van der Waals surface area contributed by atoms with E-state index < -0.39 is 0 Å². The zero-order chi connectivity index (χ0) is 10.1. The normalized spacial score (nSPS) is 12.3. The first-order valence-electron chi connectivity index (χ1n) is 4.19. The highest BCUT2D eigenvalue weighted by Gasteiger charge is 1.90. The highest BCUT2D eigenvalue weighted by atomic mass is 16.5.